The Labute approximate surface area is 76.2 Å². The smallest absolute Gasteiger partial charge is 0.364 e. The molecule has 0 aliphatic carbocycles. The third-order valence-corrected chi connectivity index (χ3v) is 2.18. The van der Waals surface area contributed by atoms with Gasteiger partial charge in [-0.1, -0.05) is 6.92 Å². The Kier molecular flexibility index (Phi) is 3.42. The van der Waals surface area contributed by atoms with Crippen molar-refractivity contribution in [3.8, 4) is 0 Å². The average Bonchev–Trinajstić information content (AvgIpc) is 2.16. The second-order valence-corrected chi connectivity index (χ2v) is 3.08. The molecule has 74 valence electrons. The molecule has 1 aliphatic rings. The lowest BCUT2D eigenvalue weighted by atomic mass is 10.00. The highest BCUT2D eigenvalue weighted by Gasteiger charge is 2.21. The van der Waals surface area contributed by atoms with Gasteiger partial charge in [-0.25, -0.2) is 4.79 Å². The van der Waals surface area contributed by atoms with Gasteiger partial charge in [-0.3, -0.25) is 0 Å². The van der Waals surface area contributed by atoms with Crippen LogP contribution in [0.3, 0.4) is 0 Å². The molecule has 0 aromatic carbocycles. The SMILES string of the molecule is CCC1CC(=C(F)C(=O)O)CCO1. The number of halogens is 1. The average molecular weight is 188 g/mol. The van der Waals surface area contributed by atoms with Crippen molar-refractivity contribution in [3.63, 3.8) is 0 Å². The van der Waals surface area contributed by atoms with Gasteiger partial charge in [0.1, 0.15) is 0 Å². The van der Waals surface area contributed by atoms with E-state index < -0.39 is 11.8 Å². The van der Waals surface area contributed by atoms with Gasteiger partial charge >= 0.3 is 5.97 Å². The minimum atomic E-state index is -1.47. The zero-order valence-electron chi connectivity index (χ0n) is 7.55. The standard InChI is InChI=1S/C9H13FO3/c1-2-7-5-6(3-4-13-7)8(10)9(11)12/h7H,2-5H2,1H3,(H,11,12). The number of hydrogen-bond acceptors (Lipinski definition) is 2. The quantitative estimate of drug-likeness (QED) is 0.673. The number of carbonyl (C=O) groups is 1. The molecule has 3 nitrogen and oxygen atoms in total. The highest BCUT2D eigenvalue weighted by Crippen LogP contribution is 2.24. The molecular weight excluding hydrogens is 175 g/mol. The van der Waals surface area contributed by atoms with E-state index in [0.717, 1.165) is 6.42 Å². The molecule has 1 unspecified atom stereocenters. The zero-order valence-corrected chi connectivity index (χ0v) is 7.55. The molecule has 1 rings (SSSR count). The maximum atomic E-state index is 12.9. The number of carboxylic acid groups (broad SMARTS) is 1. The maximum absolute atomic E-state index is 12.9. The number of rotatable bonds is 2. The van der Waals surface area contributed by atoms with Crippen molar-refractivity contribution < 1.29 is 19.0 Å². The van der Waals surface area contributed by atoms with E-state index in [2.05, 4.69) is 0 Å². The Morgan fingerprint density at radius 3 is 3.00 bits per heavy atom. The predicted octanol–water partition coefficient (Wildman–Crippen LogP) is 1.88. The van der Waals surface area contributed by atoms with Crippen molar-refractivity contribution in [2.75, 3.05) is 6.61 Å². The van der Waals surface area contributed by atoms with Gasteiger partial charge in [-0.2, -0.15) is 4.39 Å². The molecule has 0 aromatic heterocycles. The first-order valence-corrected chi connectivity index (χ1v) is 4.37. The molecule has 0 spiro atoms. The summed E-state index contributed by atoms with van der Waals surface area (Å²) in [5.41, 5.74) is 0.380. The predicted molar refractivity (Wildman–Crippen MR) is 45.0 cm³/mol. The summed E-state index contributed by atoms with van der Waals surface area (Å²) in [4.78, 5) is 10.3. The van der Waals surface area contributed by atoms with Crippen LogP contribution in [0.2, 0.25) is 0 Å². The van der Waals surface area contributed by atoms with Crippen molar-refractivity contribution in [2.45, 2.75) is 32.3 Å². The van der Waals surface area contributed by atoms with Gasteiger partial charge in [-0.15, -0.1) is 0 Å². The lowest BCUT2D eigenvalue weighted by Gasteiger charge is -2.23. The van der Waals surface area contributed by atoms with Gasteiger partial charge in [0.15, 0.2) is 0 Å². The van der Waals surface area contributed by atoms with Crippen LogP contribution in [0.1, 0.15) is 26.2 Å². The van der Waals surface area contributed by atoms with Crippen molar-refractivity contribution >= 4 is 5.97 Å². The molecule has 1 heterocycles. The molecule has 1 atom stereocenters. The van der Waals surface area contributed by atoms with E-state index in [1.54, 1.807) is 0 Å². The van der Waals surface area contributed by atoms with Crippen molar-refractivity contribution in [3.05, 3.63) is 11.4 Å². The number of aliphatic carboxylic acids is 1. The molecule has 0 amide bonds. The highest BCUT2D eigenvalue weighted by atomic mass is 19.1. The van der Waals surface area contributed by atoms with Crippen LogP contribution in [0.15, 0.2) is 11.4 Å². The summed E-state index contributed by atoms with van der Waals surface area (Å²) in [7, 11) is 0. The molecule has 0 saturated carbocycles. The third-order valence-electron chi connectivity index (χ3n) is 2.18. The lowest BCUT2D eigenvalue weighted by molar-refractivity contribution is -0.134. The van der Waals surface area contributed by atoms with Gasteiger partial charge in [0.2, 0.25) is 5.83 Å². The monoisotopic (exact) mass is 188 g/mol. The lowest BCUT2D eigenvalue weighted by Crippen LogP contribution is -2.21. The fourth-order valence-electron chi connectivity index (χ4n) is 1.40. The number of ether oxygens (including phenoxy) is 1. The van der Waals surface area contributed by atoms with Crippen molar-refractivity contribution in [1.82, 2.24) is 0 Å². The summed E-state index contributed by atoms with van der Waals surface area (Å²) in [5, 5.41) is 8.42. The second kappa shape index (κ2) is 4.37. The summed E-state index contributed by atoms with van der Waals surface area (Å²) in [6.07, 6.45) is 1.58. The first kappa shape index (κ1) is 10.2. The van der Waals surface area contributed by atoms with Crippen LogP contribution in [0, 0.1) is 0 Å². The topological polar surface area (TPSA) is 46.5 Å². The van der Waals surface area contributed by atoms with Crippen molar-refractivity contribution in [1.29, 1.82) is 0 Å². The minimum absolute atomic E-state index is 0.0196. The molecule has 1 N–H and O–H groups in total. The van der Waals surface area contributed by atoms with Crippen LogP contribution >= 0.6 is 0 Å². The Balaban J connectivity index is 2.70. The van der Waals surface area contributed by atoms with Gasteiger partial charge in [0.25, 0.3) is 0 Å². The van der Waals surface area contributed by atoms with Crippen LogP contribution in [-0.2, 0) is 9.53 Å². The molecule has 1 saturated heterocycles. The van der Waals surface area contributed by atoms with E-state index in [1.165, 1.54) is 0 Å². The normalized spacial score (nSPS) is 27.1. The molecule has 13 heavy (non-hydrogen) atoms. The third kappa shape index (κ3) is 2.52. The largest absolute Gasteiger partial charge is 0.476 e. The van der Waals surface area contributed by atoms with E-state index in [4.69, 9.17) is 9.84 Å². The van der Waals surface area contributed by atoms with Gasteiger partial charge in [-0.05, 0) is 24.8 Å². The van der Waals surface area contributed by atoms with Crippen LogP contribution < -0.4 is 0 Å². The molecular formula is C9H13FO3. The Morgan fingerprint density at radius 2 is 2.46 bits per heavy atom. The molecule has 1 fully saturated rings. The first-order valence-electron chi connectivity index (χ1n) is 4.37. The van der Waals surface area contributed by atoms with Gasteiger partial charge in [0.05, 0.1) is 12.7 Å². The molecule has 4 heteroatoms. The van der Waals surface area contributed by atoms with Gasteiger partial charge in [0, 0.05) is 0 Å². The van der Waals surface area contributed by atoms with E-state index in [1.807, 2.05) is 6.92 Å². The Bertz CT molecular complexity index is 235. The van der Waals surface area contributed by atoms with E-state index in [0.29, 0.717) is 25.0 Å². The fraction of sp³-hybridized carbons (Fsp3) is 0.667. The summed E-state index contributed by atoms with van der Waals surface area (Å²) >= 11 is 0. The molecule has 0 radical (unpaired) electrons. The van der Waals surface area contributed by atoms with Crippen LogP contribution in [0.5, 0.6) is 0 Å². The number of hydrogen-bond donors (Lipinski definition) is 1. The first-order chi connectivity index (χ1) is 6.15. The highest BCUT2D eigenvalue weighted by molar-refractivity contribution is 5.84. The van der Waals surface area contributed by atoms with E-state index in [9.17, 15) is 9.18 Å². The van der Waals surface area contributed by atoms with Crippen LogP contribution in [-0.4, -0.2) is 23.8 Å². The van der Waals surface area contributed by atoms with Crippen molar-refractivity contribution in [2.24, 2.45) is 0 Å². The number of carboxylic acids is 1. The maximum Gasteiger partial charge on any atom is 0.364 e. The molecule has 0 aromatic rings. The second-order valence-electron chi connectivity index (χ2n) is 3.08. The summed E-state index contributed by atoms with van der Waals surface area (Å²) < 4.78 is 18.2. The van der Waals surface area contributed by atoms with Crippen LogP contribution in [0.25, 0.3) is 0 Å². The summed E-state index contributed by atoms with van der Waals surface area (Å²) in [6, 6.07) is 0. The molecule has 0 bridgehead atoms. The van der Waals surface area contributed by atoms with Crippen LogP contribution in [0.4, 0.5) is 4.39 Å². The van der Waals surface area contributed by atoms with E-state index >= 15 is 0 Å². The minimum Gasteiger partial charge on any atom is -0.476 e. The summed E-state index contributed by atoms with van der Waals surface area (Å²) in [6.45, 7) is 2.36. The fourth-order valence-corrected chi connectivity index (χ4v) is 1.40. The summed E-state index contributed by atoms with van der Waals surface area (Å²) in [5.74, 6) is -2.46. The Morgan fingerprint density at radius 1 is 1.77 bits per heavy atom. The Hall–Kier alpha value is -0.900. The van der Waals surface area contributed by atoms with E-state index in [-0.39, 0.29) is 6.10 Å². The zero-order chi connectivity index (χ0) is 9.84. The molecule has 1 aliphatic heterocycles. The van der Waals surface area contributed by atoms with Gasteiger partial charge < -0.3 is 9.84 Å².